The van der Waals surface area contributed by atoms with Crippen LogP contribution in [0.2, 0.25) is 0 Å². The van der Waals surface area contributed by atoms with E-state index >= 15 is 0 Å². The first kappa shape index (κ1) is 35.7. The molecule has 0 atom stereocenters. The van der Waals surface area contributed by atoms with Gasteiger partial charge in [0.1, 0.15) is 0 Å². The zero-order chi connectivity index (χ0) is 32.3. The monoisotopic (exact) mass is 639 g/mol. The quantitative estimate of drug-likeness (QED) is 0.0632. The third-order valence-corrected chi connectivity index (χ3v) is 5.12. The summed E-state index contributed by atoms with van der Waals surface area (Å²) in [5.74, 6) is -31.9. The standard InChI is InChI=1S/C25H23F10NO7/c1-2-4-39-6-8-41-9-7-40-5-3-36(10-12(37)42-24-20(32)16(28)14(26)17(29)21(24)33)11-13(38)43-25-22(34)18(30)15(27)19(31)23(25)35/h2-11H2,1H3. The topological polar surface area (TPSA) is 83.5 Å². The lowest BCUT2D eigenvalue weighted by Crippen LogP contribution is -2.40. The van der Waals surface area contributed by atoms with Crippen LogP contribution in [0, 0.1) is 58.2 Å². The lowest BCUT2D eigenvalue weighted by atomic mass is 10.2. The van der Waals surface area contributed by atoms with Gasteiger partial charge in [0.15, 0.2) is 0 Å². The molecule has 0 saturated heterocycles. The van der Waals surface area contributed by atoms with Gasteiger partial charge in [0.25, 0.3) is 0 Å². The van der Waals surface area contributed by atoms with Crippen molar-refractivity contribution in [1.29, 1.82) is 0 Å². The predicted molar refractivity (Wildman–Crippen MR) is 123 cm³/mol. The first-order chi connectivity index (χ1) is 20.3. The molecule has 18 heteroatoms. The summed E-state index contributed by atoms with van der Waals surface area (Å²) in [6.07, 6.45) is 0.809. The van der Waals surface area contributed by atoms with Crippen molar-refractivity contribution in [3.8, 4) is 11.5 Å². The maximum atomic E-state index is 13.9. The fraction of sp³-hybridized carbons (Fsp3) is 0.440. The van der Waals surface area contributed by atoms with Crippen LogP contribution in [0.4, 0.5) is 43.9 Å². The number of benzene rings is 2. The van der Waals surface area contributed by atoms with E-state index in [1.165, 1.54) is 0 Å². The minimum atomic E-state index is -2.53. The highest BCUT2D eigenvalue weighted by atomic mass is 19.2. The minimum Gasteiger partial charge on any atom is -0.419 e. The number of esters is 2. The fourth-order valence-electron chi connectivity index (χ4n) is 3.10. The number of carbonyl (C=O) groups is 2. The molecule has 0 aliphatic heterocycles. The van der Waals surface area contributed by atoms with Crippen molar-refractivity contribution in [2.24, 2.45) is 0 Å². The number of halogens is 10. The average Bonchev–Trinajstić information content (AvgIpc) is 2.98. The van der Waals surface area contributed by atoms with Crippen LogP contribution in [0.5, 0.6) is 11.5 Å². The normalized spacial score (nSPS) is 11.3. The van der Waals surface area contributed by atoms with E-state index in [0.717, 1.165) is 6.42 Å². The van der Waals surface area contributed by atoms with Crippen LogP contribution in [0.3, 0.4) is 0 Å². The number of ether oxygens (including phenoxy) is 5. The molecule has 8 nitrogen and oxygen atoms in total. The Labute approximate surface area is 237 Å². The van der Waals surface area contributed by atoms with E-state index in [9.17, 15) is 53.5 Å². The molecule has 43 heavy (non-hydrogen) atoms. The Morgan fingerprint density at radius 2 is 0.791 bits per heavy atom. The van der Waals surface area contributed by atoms with Crippen LogP contribution < -0.4 is 9.47 Å². The highest BCUT2D eigenvalue weighted by molar-refractivity contribution is 5.77. The molecule has 2 aromatic carbocycles. The second-order valence-corrected chi connectivity index (χ2v) is 8.29. The summed E-state index contributed by atoms with van der Waals surface area (Å²) in [5.41, 5.74) is 0. The molecule has 2 rings (SSSR count). The Morgan fingerprint density at radius 3 is 1.14 bits per heavy atom. The van der Waals surface area contributed by atoms with Gasteiger partial charge in [-0.15, -0.1) is 0 Å². The summed E-state index contributed by atoms with van der Waals surface area (Å²) < 4.78 is 160. The van der Waals surface area contributed by atoms with Crippen molar-refractivity contribution in [2.75, 3.05) is 59.3 Å². The van der Waals surface area contributed by atoms with Gasteiger partial charge in [0.05, 0.1) is 46.1 Å². The van der Waals surface area contributed by atoms with Crippen LogP contribution in [-0.2, 0) is 23.8 Å². The second kappa shape index (κ2) is 17.0. The number of rotatable bonds is 17. The predicted octanol–water partition coefficient (Wildman–Crippen LogP) is 4.35. The highest BCUT2D eigenvalue weighted by Crippen LogP contribution is 2.30. The van der Waals surface area contributed by atoms with E-state index in [2.05, 4.69) is 9.47 Å². The molecule has 0 aromatic heterocycles. The van der Waals surface area contributed by atoms with Crippen molar-refractivity contribution in [2.45, 2.75) is 13.3 Å². The van der Waals surface area contributed by atoms with Crippen molar-refractivity contribution in [3.05, 3.63) is 58.2 Å². The SMILES string of the molecule is CCCOCCOCCOCCN(CC(=O)Oc1c(F)c(F)c(F)c(F)c1F)CC(=O)Oc1c(F)c(F)c(F)c(F)c1F. The summed E-state index contributed by atoms with van der Waals surface area (Å²) in [6, 6.07) is 0. The van der Waals surface area contributed by atoms with Crippen LogP contribution in [-0.4, -0.2) is 76.1 Å². The maximum absolute atomic E-state index is 13.9. The first-order valence-electron chi connectivity index (χ1n) is 12.2. The summed E-state index contributed by atoms with van der Waals surface area (Å²) in [4.78, 5) is 25.2. The smallest absolute Gasteiger partial charge is 0.325 e. The van der Waals surface area contributed by atoms with E-state index in [1.54, 1.807) is 0 Å². The number of hydrogen-bond acceptors (Lipinski definition) is 8. The third kappa shape index (κ3) is 9.77. The van der Waals surface area contributed by atoms with Gasteiger partial charge < -0.3 is 23.7 Å². The largest absolute Gasteiger partial charge is 0.419 e. The number of nitrogens with zero attached hydrogens (tertiary/aromatic N) is 1. The van der Waals surface area contributed by atoms with Crippen molar-refractivity contribution < 1.29 is 77.2 Å². The molecule has 0 bridgehead atoms. The summed E-state index contributed by atoms with van der Waals surface area (Å²) >= 11 is 0. The molecule has 0 aliphatic carbocycles. The number of hydrogen-bond donors (Lipinski definition) is 0. The zero-order valence-electron chi connectivity index (χ0n) is 22.2. The lowest BCUT2D eigenvalue weighted by molar-refractivity contribution is -0.139. The molecule has 2 aromatic rings. The van der Waals surface area contributed by atoms with E-state index in [1.807, 2.05) is 6.92 Å². The fourth-order valence-corrected chi connectivity index (χ4v) is 3.10. The van der Waals surface area contributed by atoms with Gasteiger partial charge in [0, 0.05) is 13.2 Å². The molecule has 0 unspecified atom stereocenters. The first-order valence-corrected chi connectivity index (χ1v) is 12.2. The summed E-state index contributed by atoms with van der Waals surface area (Å²) in [5, 5.41) is 0. The molecule has 0 heterocycles. The van der Waals surface area contributed by atoms with Crippen LogP contribution >= 0.6 is 0 Å². The molecule has 0 spiro atoms. The van der Waals surface area contributed by atoms with Gasteiger partial charge in [-0.1, -0.05) is 6.92 Å². The molecule has 0 amide bonds. The zero-order valence-corrected chi connectivity index (χ0v) is 22.2. The Hall–Kier alpha value is -3.48. The Bertz CT molecular complexity index is 1150. The molecular weight excluding hydrogens is 616 g/mol. The molecule has 0 saturated carbocycles. The molecular formula is C25H23F10NO7. The number of carbonyl (C=O) groups excluding carboxylic acids is 2. The van der Waals surface area contributed by atoms with Gasteiger partial charge in [0.2, 0.25) is 69.7 Å². The second-order valence-electron chi connectivity index (χ2n) is 8.29. The maximum Gasteiger partial charge on any atom is 0.325 e. The van der Waals surface area contributed by atoms with Crippen LogP contribution in [0.1, 0.15) is 13.3 Å². The average molecular weight is 639 g/mol. The molecule has 0 radical (unpaired) electrons. The van der Waals surface area contributed by atoms with Gasteiger partial charge in [-0.05, 0) is 6.42 Å². The van der Waals surface area contributed by atoms with Crippen molar-refractivity contribution in [1.82, 2.24) is 4.90 Å². The van der Waals surface area contributed by atoms with Gasteiger partial charge in [-0.2, -0.15) is 17.6 Å². The van der Waals surface area contributed by atoms with Crippen molar-refractivity contribution >= 4 is 11.9 Å². The Kier molecular flexibility index (Phi) is 14.1. The Morgan fingerprint density at radius 1 is 0.488 bits per heavy atom. The van der Waals surface area contributed by atoms with E-state index < -0.39 is 101 Å². The third-order valence-electron chi connectivity index (χ3n) is 5.12. The van der Waals surface area contributed by atoms with E-state index in [0.29, 0.717) is 18.1 Å². The molecule has 0 aliphatic rings. The van der Waals surface area contributed by atoms with Gasteiger partial charge in [-0.25, -0.2) is 26.3 Å². The lowest BCUT2D eigenvalue weighted by Gasteiger charge is -2.21. The summed E-state index contributed by atoms with van der Waals surface area (Å²) in [6.45, 7) is -0.0311. The van der Waals surface area contributed by atoms with E-state index in [-0.39, 0.29) is 26.4 Å². The minimum absolute atomic E-state index is 0.0361. The van der Waals surface area contributed by atoms with Crippen LogP contribution in [0.15, 0.2) is 0 Å². The van der Waals surface area contributed by atoms with Crippen LogP contribution in [0.25, 0.3) is 0 Å². The van der Waals surface area contributed by atoms with Gasteiger partial charge >= 0.3 is 11.9 Å². The molecule has 0 N–H and O–H groups in total. The highest BCUT2D eigenvalue weighted by Gasteiger charge is 2.31. The Balaban J connectivity index is 2.09. The van der Waals surface area contributed by atoms with Gasteiger partial charge in [-0.3, -0.25) is 14.5 Å². The molecule has 0 fully saturated rings. The molecule has 240 valence electrons. The summed E-state index contributed by atoms with van der Waals surface area (Å²) in [7, 11) is 0. The van der Waals surface area contributed by atoms with Crippen molar-refractivity contribution in [3.63, 3.8) is 0 Å². The van der Waals surface area contributed by atoms with E-state index in [4.69, 9.17) is 14.2 Å².